The van der Waals surface area contributed by atoms with E-state index < -0.39 is 40.6 Å². The molecule has 0 saturated heterocycles. The second kappa shape index (κ2) is 5.65. The maximum atomic E-state index is 13.4. The van der Waals surface area contributed by atoms with Gasteiger partial charge in [-0.15, -0.1) is 0 Å². The monoisotopic (exact) mass is 322 g/mol. The van der Waals surface area contributed by atoms with Crippen molar-refractivity contribution in [2.24, 2.45) is 0 Å². The van der Waals surface area contributed by atoms with E-state index in [0.717, 1.165) is 0 Å². The third-order valence-corrected chi connectivity index (χ3v) is 2.73. The number of nitrogens with one attached hydrogen (secondary N) is 1. The Morgan fingerprint density at radius 2 is 1.52 bits per heavy atom. The Kier molecular flexibility index (Phi) is 4.08. The van der Waals surface area contributed by atoms with Crippen molar-refractivity contribution in [1.29, 1.82) is 0 Å². The number of pyridine rings is 1. The van der Waals surface area contributed by atoms with Crippen molar-refractivity contribution in [3.63, 3.8) is 0 Å². The van der Waals surface area contributed by atoms with Crippen molar-refractivity contribution in [2.75, 3.05) is 5.32 Å². The first-order valence-electron chi connectivity index (χ1n) is 5.28. The zero-order chi connectivity index (χ0) is 15.7. The van der Waals surface area contributed by atoms with Gasteiger partial charge in [0.1, 0.15) is 5.56 Å². The van der Waals surface area contributed by atoms with Crippen LogP contribution in [-0.4, -0.2) is 10.9 Å². The second-order valence-corrected chi connectivity index (χ2v) is 4.14. The van der Waals surface area contributed by atoms with E-state index in [1.54, 1.807) is 0 Å². The standard InChI is InChI=1S/C12H4ClF5N2O/c13-4-2-1-3-19-11(4)20-12(21)5-6(14)8(16)10(18)9(17)7(5)15/h1-3H,(H,19,20,21). The Bertz CT molecular complexity index is 709. The molecule has 0 aliphatic heterocycles. The molecule has 0 aliphatic carbocycles. The van der Waals surface area contributed by atoms with E-state index >= 15 is 0 Å². The van der Waals surface area contributed by atoms with Crippen molar-refractivity contribution in [1.82, 2.24) is 4.98 Å². The number of halogens is 6. The van der Waals surface area contributed by atoms with Gasteiger partial charge in [0.25, 0.3) is 5.91 Å². The molecule has 0 aliphatic rings. The summed E-state index contributed by atoms with van der Waals surface area (Å²) in [6.45, 7) is 0. The van der Waals surface area contributed by atoms with Gasteiger partial charge in [0.2, 0.25) is 5.82 Å². The predicted molar refractivity (Wildman–Crippen MR) is 63.4 cm³/mol. The maximum Gasteiger partial charge on any atom is 0.263 e. The third kappa shape index (κ3) is 2.66. The lowest BCUT2D eigenvalue weighted by molar-refractivity contribution is 0.101. The van der Waals surface area contributed by atoms with Gasteiger partial charge in [-0.2, -0.15) is 0 Å². The number of carbonyl (C=O) groups excluding carboxylic acids is 1. The molecule has 0 spiro atoms. The Balaban J connectivity index is 2.48. The fraction of sp³-hybridized carbons (Fsp3) is 0. The first-order valence-corrected chi connectivity index (χ1v) is 5.65. The molecule has 9 heteroatoms. The van der Waals surface area contributed by atoms with E-state index in [4.69, 9.17) is 11.6 Å². The van der Waals surface area contributed by atoms with Gasteiger partial charge >= 0.3 is 0 Å². The summed E-state index contributed by atoms with van der Waals surface area (Å²) < 4.78 is 65.7. The van der Waals surface area contributed by atoms with Gasteiger partial charge in [0.15, 0.2) is 29.1 Å². The number of amides is 1. The van der Waals surface area contributed by atoms with Crippen molar-refractivity contribution >= 4 is 23.3 Å². The van der Waals surface area contributed by atoms with Crippen LogP contribution in [0.25, 0.3) is 0 Å². The average Bonchev–Trinajstić information content (AvgIpc) is 2.46. The number of hydrogen-bond acceptors (Lipinski definition) is 2. The predicted octanol–water partition coefficient (Wildman–Crippen LogP) is 3.68. The van der Waals surface area contributed by atoms with E-state index in [2.05, 4.69) is 4.98 Å². The molecule has 2 aromatic rings. The van der Waals surface area contributed by atoms with Crippen LogP contribution >= 0.6 is 11.6 Å². The smallest absolute Gasteiger partial charge is 0.263 e. The van der Waals surface area contributed by atoms with Crippen LogP contribution in [0.1, 0.15) is 10.4 Å². The molecule has 1 heterocycles. The van der Waals surface area contributed by atoms with E-state index in [9.17, 15) is 26.7 Å². The van der Waals surface area contributed by atoms with Gasteiger partial charge in [-0.25, -0.2) is 26.9 Å². The van der Waals surface area contributed by atoms with Crippen molar-refractivity contribution < 1.29 is 26.7 Å². The molecule has 0 unspecified atom stereocenters. The molecule has 0 fully saturated rings. The molecule has 3 nitrogen and oxygen atoms in total. The SMILES string of the molecule is O=C(Nc1ncccc1Cl)c1c(F)c(F)c(F)c(F)c1F. The molecule has 0 saturated carbocycles. The van der Waals surface area contributed by atoms with E-state index in [1.807, 2.05) is 5.32 Å². The van der Waals surface area contributed by atoms with Crippen LogP contribution in [0.4, 0.5) is 27.8 Å². The average molecular weight is 323 g/mol. The summed E-state index contributed by atoms with van der Waals surface area (Å²) in [4.78, 5) is 15.3. The van der Waals surface area contributed by atoms with Crippen LogP contribution in [0.3, 0.4) is 0 Å². The normalized spacial score (nSPS) is 10.6. The first kappa shape index (κ1) is 15.2. The minimum Gasteiger partial charge on any atom is -0.305 e. The lowest BCUT2D eigenvalue weighted by Gasteiger charge is -2.09. The molecule has 1 aromatic carbocycles. The summed E-state index contributed by atoms with van der Waals surface area (Å²) in [6.07, 6.45) is 1.21. The van der Waals surface area contributed by atoms with Crippen LogP contribution < -0.4 is 5.32 Å². The fourth-order valence-corrected chi connectivity index (χ4v) is 1.62. The van der Waals surface area contributed by atoms with Crippen LogP contribution in [0.5, 0.6) is 0 Å². The van der Waals surface area contributed by atoms with Gasteiger partial charge in [0.05, 0.1) is 5.02 Å². The van der Waals surface area contributed by atoms with Gasteiger partial charge in [-0.1, -0.05) is 11.6 Å². The van der Waals surface area contributed by atoms with Crippen molar-refractivity contribution in [3.05, 3.63) is 58.0 Å². The van der Waals surface area contributed by atoms with Gasteiger partial charge in [-0.05, 0) is 12.1 Å². The van der Waals surface area contributed by atoms with Crippen LogP contribution in [-0.2, 0) is 0 Å². The Labute approximate surface area is 119 Å². The number of rotatable bonds is 2. The molecule has 110 valence electrons. The highest BCUT2D eigenvalue weighted by molar-refractivity contribution is 6.33. The van der Waals surface area contributed by atoms with E-state index in [-0.39, 0.29) is 10.8 Å². The number of carbonyl (C=O) groups is 1. The number of hydrogen-bond donors (Lipinski definition) is 1. The summed E-state index contributed by atoms with van der Waals surface area (Å²) in [6, 6.07) is 2.72. The highest BCUT2D eigenvalue weighted by Gasteiger charge is 2.30. The largest absolute Gasteiger partial charge is 0.305 e. The molecule has 0 atom stereocenters. The number of aromatic nitrogens is 1. The van der Waals surface area contributed by atoms with Crippen LogP contribution in [0.15, 0.2) is 18.3 Å². The topological polar surface area (TPSA) is 42.0 Å². The van der Waals surface area contributed by atoms with Gasteiger partial charge in [-0.3, -0.25) is 4.79 Å². The molecule has 2 rings (SSSR count). The number of nitrogens with zero attached hydrogens (tertiary/aromatic N) is 1. The van der Waals surface area contributed by atoms with E-state index in [1.165, 1.54) is 18.3 Å². The molecule has 1 N–H and O–H groups in total. The summed E-state index contributed by atoms with van der Waals surface area (Å²) in [5.74, 6) is -13.1. The summed E-state index contributed by atoms with van der Waals surface area (Å²) in [7, 11) is 0. The van der Waals surface area contributed by atoms with Crippen molar-refractivity contribution in [3.8, 4) is 0 Å². The van der Waals surface area contributed by atoms with Crippen molar-refractivity contribution in [2.45, 2.75) is 0 Å². The zero-order valence-corrected chi connectivity index (χ0v) is 10.6. The zero-order valence-electron chi connectivity index (χ0n) is 9.86. The number of anilines is 1. The quantitative estimate of drug-likeness (QED) is 0.520. The number of benzene rings is 1. The minimum absolute atomic E-state index is 0.0743. The Morgan fingerprint density at radius 3 is 2.05 bits per heavy atom. The lowest BCUT2D eigenvalue weighted by Crippen LogP contribution is -2.20. The van der Waals surface area contributed by atoms with E-state index in [0.29, 0.717) is 0 Å². The third-order valence-electron chi connectivity index (χ3n) is 2.43. The molecule has 0 radical (unpaired) electrons. The summed E-state index contributed by atoms with van der Waals surface area (Å²) >= 11 is 5.65. The lowest BCUT2D eigenvalue weighted by atomic mass is 10.1. The summed E-state index contributed by atoms with van der Waals surface area (Å²) in [5.41, 5.74) is -1.62. The summed E-state index contributed by atoms with van der Waals surface area (Å²) in [5, 5.41) is 1.79. The molecule has 1 amide bonds. The molecule has 1 aromatic heterocycles. The minimum atomic E-state index is -2.35. The fourth-order valence-electron chi connectivity index (χ4n) is 1.45. The molecule has 21 heavy (non-hydrogen) atoms. The van der Waals surface area contributed by atoms with Crippen LogP contribution in [0, 0.1) is 29.1 Å². The van der Waals surface area contributed by atoms with Crippen LogP contribution in [0.2, 0.25) is 5.02 Å². The molecular formula is C12H4ClF5N2O. The van der Waals surface area contributed by atoms with Gasteiger partial charge < -0.3 is 5.32 Å². The van der Waals surface area contributed by atoms with Gasteiger partial charge in [0, 0.05) is 6.20 Å². The molecule has 0 bridgehead atoms. The highest BCUT2D eigenvalue weighted by atomic mass is 35.5. The Morgan fingerprint density at radius 1 is 1.00 bits per heavy atom. The highest BCUT2D eigenvalue weighted by Crippen LogP contribution is 2.25. The maximum absolute atomic E-state index is 13.4. The first-order chi connectivity index (χ1) is 9.84. The second-order valence-electron chi connectivity index (χ2n) is 3.73. The Hall–Kier alpha value is -2.22. The molecular weight excluding hydrogens is 319 g/mol.